The first kappa shape index (κ1) is 30.0. The van der Waals surface area contributed by atoms with E-state index in [-0.39, 0.29) is 0 Å². The fourth-order valence-electron chi connectivity index (χ4n) is 4.50. The summed E-state index contributed by atoms with van der Waals surface area (Å²) in [6.07, 6.45) is 1.01. The van der Waals surface area contributed by atoms with Crippen molar-refractivity contribution in [3.8, 4) is 0 Å². The second-order valence-electron chi connectivity index (χ2n) is 9.46. The number of aliphatic hydroxyl groups excluding tert-OH is 2. The minimum absolute atomic E-state index is 0.357. The van der Waals surface area contributed by atoms with Crippen LogP contribution < -0.4 is 20.8 Å². The Labute approximate surface area is 224 Å². The summed E-state index contributed by atoms with van der Waals surface area (Å²) in [7, 11) is -10.8. The molecule has 1 aromatic carbocycles. The van der Waals surface area contributed by atoms with Gasteiger partial charge in [0, 0.05) is 12.7 Å². The van der Waals surface area contributed by atoms with Crippen molar-refractivity contribution in [2.45, 2.75) is 63.3 Å². The number of anilines is 1. The molecule has 14 nitrogen and oxygen atoms in total. The number of hydrogen-bond acceptors (Lipinski definition) is 13. The molecule has 6 atom stereocenters. The van der Waals surface area contributed by atoms with Crippen molar-refractivity contribution in [3.63, 3.8) is 0 Å². The first-order valence-electron chi connectivity index (χ1n) is 12.5. The van der Waals surface area contributed by atoms with Gasteiger partial charge in [0.15, 0.2) is 6.23 Å². The third-order valence-corrected chi connectivity index (χ3v) is 9.08. The van der Waals surface area contributed by atoms with Crippen LogP contribution in [-0.4, -0.2) is 51.2 Å². The van der Waals surface area contributed by atoms with Gasteiger partial charge in [-0.15, -0.1) is 0 Å². The normalized spacial score (nSPS) is 27.1. The molecule has 2 fully saturated rings. The van der Waals surface area contributed by atoms with Crippen LogP contribution in [0.4, 0.5) is 5.82 Å². The SMILES string of the molecule is O=c1nc(NCC2CCCCC2)ccn1[C@@H]1O[C@H](COP(=O)([O-])OP(=O)([O-])OCc2ccccc2)[C@H](O)C1O. The Morgan fingerprint density at radius 3 is 2.41 bits per heavy atom. The van der Waals surface area contributed by atoms with Crippen molar-refractivity contribution in [1.82, 2.24) is 9.55 Å². The van der Waals surface area contributed by atoms with Gasteiger partial charge in [0.05, 0.1) is 13.2 Å². The third-order valence-electron chi connectivity index (χ3n) is 6.57. The molecule has 2 aromatic rings. The van der Waals surface area contributed by atoms with E-state index in [0.29, 0.717) is 23.8 Å². The predicted molar refractivity (Wildman–Crippen MR) is 133 cm³/mol. The highest BCUT2D eigenvalue weighted by Gasteiger charge is 2.44. The Kier molecular flexibility index (Phi) is 10.1. The minimum atomic E-state index is -5.47. The van der Waals surface area contributed by atoms with Crippen LogP contribution in [0.25, 0.3) is 0 Å². The van der Waals surface area contributed by atoms with Crippen molar-refractivity contribution < 1.29 is 47.2 Å². The van der Waals surface area contributed by atoms with Crippen molar-refractivity contribution in [1.29, 1.82) is 0 Å². The van der Waals surface area contributed by atoms with E-state index in [9.17, 15) is 33.9 Å². The molecule has 1 aliphatic heterocycles. The number of hydrogen-bond donors (Lipinski definition) is 3. The Hall–Kier alpha value is -1.96. The quantitative estimate of drug-likeness (QED) is 0.297. The van der Waals surface area contributed by atoms with Crippen LogP contribution >= 0.6 is 15.6 Å². The summed E-state index contributed by atoms with van der Waals surface area (Å²) in [6, 6.07) is 9.64. The average molecular weight is 587 g/mol. The van der Waals surface area contributed by atoms with Crippen molar-refractivity contribution in [2.24, 2.45) is 5.92 Å². The topological polar surface area (TPSA) is 205 Å². The van der Waals surface area contributed by atoms with Gasteiger partial charge in [-0.2, -0.15) is 4.98 Å². The summed E-state index contributed by atoms with van der Waals surface area (Å²) in [5.41, 5.74) is -0.304. The lowest BCUT2D eigenvalue weighted by Crippen LogP contribution is -2.36. The van der Waals surface area contributed by atoms with Gasteiger partial charge < -0.3 is 39.1 Å². The number of benzene rings is 1. The number of phosphoric acid groups is 2. The molecule has 1 aromatic heterocycles. The Morgan fingerprint density at radius 2 is 1.72 bits per heavy atom. The van der Waals surface area contributed by atoms with E-state index in [0.717, 1.165) is 17.4 Å². The second kappa shape index (κ2) is 13.1. The predicted octanol–water partition coefficient (Wildman–Crippen LogP) is 1.04. The summed E-state index contributed by atoms with van der Waals surface area (Å²) in [6.45, 7) is -0.683. The fraction of sp³-hybridized carbons (Fsp3) is 0.565. The maximum absolute atomic E-state index is 12.6. The van der Waals surface area contributed by atoms with Crippen LogP contribution in [0.5, 0.6) is 0 Å². The lowest BCUT2D eigenvalue weighted by Gasteiger charge is -2.31. The zero-order valence-corrected chi connectivity index (χ0v) is 22.7. The van der Waals surface area contributed by atoms with Crippen LogP contribution in [0.3, 0.4) is 0 Å². The maximum Gasteiger partial charge on any atom is 0.351 e. The summed E-state index contributed by atoms with van der Waals surface area (Å²) in [4.78, 5) is 40.5. The van der Waals surface area contributed by atoms with Crippen LogP contribution in [0.2, 0.25) is 0 Å². The molecule has 3 unspecified atom stereocenters. The van der Waals surface area contributed by atoms with Gasteiger partial charge in [-0.05, 0) is 30.4 Å². The largest absolute Gasteiger partial charge is 0.756 e. The van der Waals surface area contributed by atoms with Gasteiger partial charge in [0.25, 0.3) is 15.6 Å². The van der Waals surface area contributed by atoms with E-state index >= 15 is 0 Å². The van der Waals surface area contributed by atoms with E-state index in [1.54, 1.807) is 30.3 Å². The zero-order valence-electron chi connectivity index (χ0n) is 20.9. The second-order valence-corrected chi connectivity index (χ2v) is 12.4. The van der Waals surface area contributed by atoms with E-state index in [1.807, 2.05) is 0 Å². The van der Waals surface area contributed by atoms with E-state index in [1.165, 1.54) is 31.5 Å². The molecule has 216 valence electrons. The molecular formula is C23H31N3O11P2-2. The molecule has 2 heterocycles. The average Bonchev–Trinajstić information content (AvgIpc) is 3.19. The molecule has 0 spiro atoms. The van der Waals surface area contributed by atoms with E-state index in [2.05, 4.69) is 23.7 Å². The van der Waals surface area contributed by atoms with Gasteiger partial charge in [0.2, 0.25) is 0 Å². The standard InChI is InChI=1S/C23H33N3O11P2/c27-20-18(15-35-39(32,33)37-38(30,31)34-14-17-9-5-2-6-10-17)36-22(21(20)28)26-12-11-19(25-23(26)29)24-13-16-7-3-1-4-8-16/h2,5-6,9-12,16,18,20-22,27-28H,1,3-4,7-8,13-15H2,(H,30,31)(H,32,33)(H,24,25,29)/p-2/t18-,20+,21?,22-/m1/s1. The van der Waals surface area contributed by atoms with E-state index < -0.39 is 59.1 Å². The molecule has 4 rings (SSSR count). The molecule has 1 saturated heterocycles. The summed E-state index contributed by atoms with van der Waals surface area (Å²) in [5, 5.41) is 23.9. The Morgan fingerprint density at radius 1 is 1.03 bits per heavy atom. The maximum atomic E-state index is 12.6. The molecule has 3 N–H and O–H groups in total. The third kappa shape index (κ3) is 8.51. The van der Waals surface area contributed by atoms with Crippen molar-refractivity contribution in [2.75, 3.05) is 18.5 Å². The van der Waals surface area contributed by atoms with E-state index in [4.69, 9.17) is 4.74 Å². The summed E-state index contributed by atoms with van der Waals surface area (Å²) >= 11 is 0. The zero-order chi connectivity index (χ0) is 28.0. The highest BCUT2D eigenvalue weighted by atomic mass is 31.3. The molecule has 1 saturated carbocycles. The number of rotatable bonds is 12. The molecule has 0 radical (unpaired) electrons. The number of nitrogens with one attached hydrogen (secondary N) is 1. The fourth-order valence-corrected chi connectivity index (χ4v) is 6.50. The first-order chi connectivity index (χ1) is 18.5. The highest BCUT2D eigenvalue weighted by Crippen LogP contribution is 2.56. The lowest BCUT2D eigenvalue weighted by molar-refractivity contribution is -0.246. The van der Waals surface area contributed by atoms with Crippen LogP contribution in [-0.2, 0) is 33.8 Å². The Balaban J connectivity index is 1.30. The smallest absolute Gasteiger partial charge is 0.351 e. The Bertz CT molecular complexity index is 1240. The number of nitrogens with zero attached hydrogens (tertiary/aromatic N) is 2. The van der Waals surface area contributed by atoms with Crippen LogP contribution in [0.1, 0.15) is 43.9 Å². The molecule has 1 aliphatic carbocycles. The van der Waals surface area contributed by atoms with Crippen LogP contribution in [0.15, 0.2) is 47.4 Å². The van der Waals surface area contributed by atoms with Gasteiger partial charge in [-0.25, -0.2) is 9.11 Å². The van der Waals surface area contributed by atoms with Gasteiger partial charge in [-0.3, -0.25) is 13.7 Å². The number of phosphoric ester groups is 2. The van der Waals surface area contributed by atoms with Crippen molar-refractivity contribution in [3.05, 3.63) is 58.6 Å². The molecule has 16 heteroatoms. The number of aromatic nitrogens is 2. The van der Waals surface area contributed by atoms with Gasteiger partial charge in [0.1, 0.15) is 24.1 Å². The minimum Gasteiger partial charge on any atom is -0.756 e. The molecule has 2 aliphatic rings. The number of ether oxygens (including phenoxy) is 1. The summed E-state index contributed by atoms with van der Waals surface area (Å²) in [5.74, 6) is 0.862. The molecule has 0 amide bonds. The molecular weight excluding hydrogens is 556 g/mol. The highest BCUT2D eigenvalue weighted by molar-refractivity contribution is 7.59. The molecule has 0 bridgehead atoms. The monoisotopic (exact) mass is 587 g/mol. The first-order valence-corrected chi connectivity index (χ1v) is 15.5. The molecule has 39 heavy (non-hydrogen) atoms. The van der Waals surface area contributed by atoms with Gasteiger partial charge in [-0.1, -0.05) is 49.6 Å². The number of aliphatic hydroxyl groups is 2. The van der Waals surface area contributed by atoms with Crippen molar-refractivity contribution >= 4 is 21.5 Å². The summed E-state index contributed by atoms with van der Waals surface area (Å²) < 4.78 is 43.6. The lowest BCUT2D eigenvalue weighted by atomic mass is 9.89. The van der Waals surface area contributed by atoms with Gasteiger partial charge >= 0.3 is 5.69 Å². The van der Waals surface area contributed by atoms with Crippen LogP contribution in [0, 0.1) is 5.92 Å².